The third-order valence-electron chi connectivity index (χ3n) is 2.90. The van der Waals surface area contributed by atoms with Gasteiger partial charge < -0.3 is 9.73 Å². The molecule has 0 fully saturated rings. The van der Waals surface area contributed by atoms with Crippen LogP contribution in [0.2, 0.25) is 0 Å². The summed E-state index contributed by atoms with van der Waals surface area (Å²) in [6.07, 6.45) is 2.95. The maximum absolute atomic E-state index is 5.32. The van der Waals surface area contributed by atoms with E-state index in [9.17, 15) is 0 Å². The van der Waals surface area contributed by atoms with E-state index in [1.165, 1.54) is 11.3 Å². The lowest BCUT2D eigenvalue weighted by atomic mass is 9.88. The van der Waals surface area contributed by atoms with Gasteiger partial charge in [0.05, 0.1) is 6.26 Å². The lowest BCUT2D eigenvalue weighted by Crippen LogP contribution is -2.42. The molecule has 2 nitrogen and oxygen atoms in total. The quantitative estimate of drug-likeness (QED) is 0.775. The van der Waals surface area contributed by atoms with Crippen LogP contribution in [-0.2, 0) is 0 Å². The third kappa shape index (κ3) is 4.76. The van der Waals surface area contributed by atoms with Crippen LogP contribution >= 0.6 is 11.8 Å². The zero-order valence-corrected chi connectivity index (χ0v) is 12.5. The van der Waals surface area contributed by atoms with Crippen molar-refractivity contribution in [3.8, 4) is 0 Å². The molecule has 0 aliphatic heterocycles. The molecule has 17 heavy (non-hydrogen) atoms. The molecule has 1 N–H and O–H groups in total. The average molecular weight is 255 g/mol. The molecule has 3 heteroatoms. The fourth-order valence-electron chi connectivity index (χ4n) is 1.63. The second-order valence-electron chi connectivity index (χ2n) is 5.52. The first kappa shape index (κ1) is 14.7. The van der Waals surface area contributed by atoms with Crippen LogP contribution in [0, 0.1) is 12.3 Å². The Morgan fingerprint density at radius 3 is 2.59 bits per heavy atom. The van der Waals surface area contributed by atoms with E-state index >= 15 is 0 Å². The summed E-state index contributed by atoms with van der Waals surface area (Å²) in [6, 6.07) is 2.58. The van der Waals surface area contributed by atoms with Crippen molar-refractivity contribution in [1.29, 1.82) is 0 Å². The van der Waals surface area contributed by atoms with Crippen molar-refractivity contribution in [3.05, 3.63) is 18.1 Å². The molecule has 1 unspecified atom stereocenters. The number of furan rings is 1. The molecular formula is C14H25NOS. The van der Waals surface area contributed by atoms with E-state index in [0.717, 1.165) is 18.1 Å². The Labute approximate surface area is 110 Å². The number of hydrogen-bond donors (Lipinski definition) is 1. The van der Waals surface area contributed by atoms with Gasteiger partial charge in [0.2, 0.25) is 0 Å². The first-order valence-electron chi connectivity index (χ1n) is 6.35. The summed E-state index contributed by atoms with van der Waals surface area (Å²) in [7, 11) is 0. The normalized spacial score (nSPS) is 13.9. The van der Waals surface area contributed by atoms with E-state index in [2.05, 4.69) is 39.1 Å². The molecule has 0 spiro atoms. The molecule has 0 aliphatic rings. The Balaban J connectivity index is 2.52. The van der Waals surface area contributed by atoms with Crippen LogP contribution in [0.5, 0.6) is 0 Å². The summed E-state index contributed by atoms with van der Waals surface area (Å²) in [5.74, 6) is 2.11. The van der Waals surface area contributed by atoms with Gasteiger partial charge in [-0.05, 0) is 31.4 Å². The number of hydrogen-bond acceptors (Lipinski definition) is 3. The zero-order valence-electron chi connectivity index (χ0n) is 11.7. The van der Waals surface area contributed by atoms with Gasteiger partial charge in [-0.1, -0.05) is 27.7 Å². The van der Waals surface area contributed by atoms with Gasteiger partial charge in [0.1, 0.15) is 5.76 Å². The maximum atomic E-state index is 5.32. The first-order valence-corrected chi connectivity index (χ1v) is 7.34. The summed E-state index contributed by atoms with van der Waals surface area (Å²) in [6.45, 7) is 12.2. The molecule has 1 heterocycles. The van der Waals surface area contributed by atoms with Crippen LogP contribution < -0.4 is 5.32 Å². The first-order chi connectivity index (χ1) is 7.95. The van der Waals surface area contributed by atoms with Crippen molar-refractivity contribution in [2.45, 2.75) is 52.0 Å². The molecule has 0 aliphatic carbocycles. The average Bonchev–Trinajstić information content (AvgIpc) is 2.62. The Morgan fingerprint density at radius 2 is 2.12 bits per heavy atom. The molecular weight excluding hydrogens is 230 g/mol. The van der Waals surface area contributed by atoms with E-state index in [1.807, 2.05) is 18.7 Å². The minimum atomic E-state index is 0.291. The summed E-state index contributed by atoms with van der Waals surface area (Å²) < 4.78 is 5.32. The molecule has 0 saturated carbocycles. The van der Waals surface area contributed by atoms with Crippen LogP contribution in [-0.4, -0.2) is 18.3 Å². The van der Waals surface area contributed by atoms with Crippen LogP contribution in [0.15, 0.2) is 21.6 Å². The molecule has 0 bridgehead atoms. The van der Waals surface area contributed by atoms with Gasteiger partial charge in [-0.3, -0.25) is 0 Å². The third-order valence-corrected chi connectivity index (χ3v) is 4.14. The van der Waals surface area contributed by atoms with E-state index in [-0.39, 0.29) is 0 Å². The predicted molar refractivity (Wildman–Crippen MR) is 75.7 cm³/mol. The molecule has 0 saturated heterocycles. The zero-order chi connectivity index (χ0) is 12.9. The van der Waals surface area contributed by atoms with Crippen molar-refractivity contribution >= 4 is 11.8 Å². The van der Waals surface area contributed by atoms with Gasteiger partial charge in [-0.25, -0.2) is 0 Å². The monoisotopic (exact) mass is 255 g/mol. The Kier molecular flexibility index (Phi) is 5.60. The molecule has 1 aromatic heterocycles. The molecule has 1 atom stereocenters. The minimum absolute atomic E-state index is 0.291. The Morgan fingerprint density at radius 1 is 1.41 bits per heavy atom. The number of aryl methyl sites for hydroxylation is 1. The fourth-order valence-corrected chi connectivity index (χ4v) is 3.00. The number of thioether (sulfide) groups is 1. The van der Waals surface area contributed by atoms with Gasteiger partial charge in [-0.15, -0.1) is 11.8 Å². The topological polar surface area (TPSA) is 25.2 Å². The van der Waals surface area contributed by atoms with Gasteiger partial charge in [0, 0.05) is 16.7 Å². The van der Waals surface area contributed by atoms with Crippen LogP contribution in [0.3, 0.4) is 0 Å². The van der Waals surface area contributed by atoms with E-state index in [1.54, 1.807) is 6.26 Å². The molecule has 1 rings (SSSR count). The largest absolute Gasteiger partial charge is 0.468 e. The van der Waals surface area contributed by atoms with Crippen LogP contribution in [0.4, 0.5) is 0 Å². The lowest BCUT2D eigenvalue weighted by Gasteiger charge is -2.31. The van der Waals surface area contributed by atoms with Crippen molar-refractivity contribution in [1.82, 2.24) is 5.32 Å². The van der Waals surface area contributed by atoms with Crippen molar-refractivity contribution in [3.63, 3.8) is 0 Å². The Bertz CT molecular complexity index is 327. The predicted octanol–water partition coefficient (Wildman–Crippen LogP) is 4.09. The summed E-state index contributed by atoms with van der Waals surface area (Å²) in [5, 5.41) is 3.64. The molecule has 0 amide bonds. The van der Waals surface area contributed by atoms with E-state index in [4.69, 9.17) is 4.42 Å². The van der Waals surface area contributed by atoms with Crippen LogP contribution in [0.25, 0.3) is 0 Å². The smallest absolute Gasteiger partial charge is 0.114 e. The van der Waals surface area contributed by atoms with E-state index < -0.39 is 0 Å². The van der Waals surface area contributed by atoms with Crippen molar-refractivity contribution < 1.29 is 4.42 Å². The van der Waals surface area contributed by atoms with Gasteiger partial charge in [-0.2, -0.15) is 0 Å². The Hall–Kier alpha value is -0.410. The summed E-state index contributed by atoms with van der Waals surface area (Å²) >= 11 is 1.88. The van der Waals surface area contributed by atoms with E-state index in [0.29, 0.717) is 11.5 Å². The highest BCUT2D eigenvalue weighted by Gasteiger charge is 2.24. The van der Waals surface area contributed by atoms with Crippen molar-refractivity contribution in [2.24, 2.45) is 5.41 Å². The minimum Gasteiger partial charge on any atom is -0.468 e. The molecule has 0 aromatic carbocycles. The van der Waals surface area contributed by atoms with Crippen LogP contribution in [0.1, 0.15) is 39.9 Å². The fraction of sp³-hybridized carbons (Fsp3) is 0.714. The SMILES string of the molecule is CCCNC(CSc1ccoc1C)C(C)(C)C. The molecule has 0 radical (unpaired) electrons. The van der Waals surface area contributed by atoms with Gasteiger partial charge in [0.15, 0.2) is 0 Å². The highest BCUT2D eigenvalue weighted by molar-refractivity contribution is 7.99. The maximum Gasteiger partial charge on any atom is 0.114 e. The second-order valence-corrected chi connectivity index (χ2v) is 6.59. The number of rotatable bonds is 6. The molecule has 98 valence electrons. The standard InChI is InChI=1S/C14H25NOS/c1-6-8-15-13(14(3,4)5)10-17-12-7-9-16-11(12)2/h7,9,13,15H,6,8,10H2,1-5H3. The lowest BCUT2D eigenvalue weighted by molar-refractivity contribution is 0.292. The summed E-state index contributed by atoms with van der Waals surface area (Å²) in [5.41, 5.74) is 0.291. The number of nitrogens with one attached hydrogen (secondary N) is 1. The van der Waals surface area contributed by atoms with Gasteiger partial charge in [0.25, 0.3) is 0 Å². The highest BCUT2D eigenvalue weighted by Crippen LogP contribution is 2.28. The van der Waals surface area contributed by atoms with Crippen molar-refractivity contribution in [2.75, 3.05) is 12.3 Å². The summed E-state index contributed by atoms with van der Waals surface area (Å²) in [4.78, 5) is 1.26. The second kappa shape index (κ2) is 6.50. The van der Waals surface area contributed by atoms with Gasteiger partial charge >= 0.3 is 0 Å². The highest BCUT2D eigenvalue weighted by atomic mass is 32.2. The molecule has 1 aromatic rings.